The summed E-state index contributed by atoms with van der Waals surface area (Å²) in [6.45, 7) is 1.35. The summed E-state index contributed by atoms with van der Waals surface area (Å²) in [6, 6.07) is -0.221. The van der Waals surface area contributed by atoms with E-state index in [0.717, 1.165) is 5.82 Å². The highest BCUT2D eigenvalue weighted by atomic mass is 19.4. The fourth-order valence-electron chi connectivity index (χ4n) is 1.49. The van der Waals surface area contributed by atoms with Gasteiger partial charge in [0.15, 0.2) is 0 Å². The molecule has 5 nitrogen and oxygen atoms in total. The third kappa shape index (κ3) is 5.01. The second-order valence-electron chi connectivity index (χ2n) is 3.81. The van der Waals surface area contributed by atoms with Gasteiger partial charge in [-0.05, 0) is 14.0 Å². The van der Waals surface area contributed by atoms with Crippen molar-refractivity contribution in [1.82, 2.24) is 20.1 Å². The molecule has 1 heterocycles. The van der Waals surface area contributed by atoms with Crippen LogP contribution in [0.2, 0.25) is 0 Å². The number of ether oxygens (including phenoxy) is 1. The molecular weight excluding hydrogens is 249 g/mol. The molecule has 0 aliphatic heterocycles. The lowest BCUT2D eigenvalue weighted by molar-refractivity contribution is -0.175. The summed E-state index contributed by atoms with van der Waals surface area (Å²) >= 11 is 0. The minimum absolute atomic E-state index is 0.0212. The van der Waals surface area contributed by atoms with Gasteiger partial charge in [-0.3, -0.25) is 4.68 Å². The number of aromatic nitrogens is 3. The van der Waals surface area contributed by atoms with Gasteiger partial charge in [0.25, 0.3) is 0 Å². The molecule has 1 N–H and O–H groups in total. The number of rotatable bonds is 7. The van der Waals surface area contributed by atoms with Crippen molar-refractivity contribution in [2.24, 2.45) is 0 Å². The monoisotopic (exact) mass is 266 g/mol. The Morgan fingerprint density at radius 1 is 1.50 bits per heavy atom. The molecule has 0 aliphatic rings. The van der Waals surface area contributed by atoms with Gasteiger partial charge in [-0.1, -0.05) is 0 Å². The van der Waals surface area contributed by atoms with E-state index in [2.05, 4.69) is 20.1 Å². The second kappa shape index (κ2) is 6.69. The van der Waals surface area contributed by atoms with Crippen molar-refractivity contribution in [2.45, 2.75) is 32.1 Å². The summed E-state index contributed by atoms with van der Waals surface area (Å²) in [6.07, 6.45) is -2.38. The zero-order chi connectivity index (χ0) is 13.6. The van der Waals surface area contributed by atoms with Crippen molar-refractivity contribution < 1.29 is 17.9 Å². The highest BCUT2D eigenvalue weighted by Crippen LogP contribution is 2.14. The molecule has 0 spiro atoms. The molecule has 1 aromatic rings. The second-order valence-corrected chi connectivity index (χ2v) is 3.81. The summed E-state index contributed by atoms with van der Waals surface area (Å²) in [5, 5.41) is 6.90. The number of aryl methyl sites for hydroxylation is 1. The Morgan fingerprint density at radius 2 is 2.22 bits per heavy atom. The molecule has 18 heavy (non-hydrogen) atoms. The van der Waals surface area contributed by atoms with Crippen molar-refractivity contribution in [3.8, 4) is 0 Å². The van der Waals surface area contributed by atoms with E-state index in [1.807, 2.05) is 6.92 Å². The summed E-state index contributed by atoms with van der Waals surface area (Å²) in [5.41, 5.74) is 0. The minimum atomic E-state index is -4.29. The van der Waals surface area contributed by atoms with E-state index < -0.39 is 12.8 Å². The molecular formula is C10H17F3N4O. The maximum absolute atomic E-state index is 11.9. The summed E-state index contributed by atoms with van der Waals surface area (Å²) < 4.78 is 42.1. The van der Waals surface area contributed by atoms with Gasteiger partial charge in [-0.15, -0.1) is 0 Å². The third-order valence-electron chi connectivity index (χ3n) is 2.42. The van der Waals surface area contributed by atoms with Crippen LogP contribution in [0.1, 0.15) is 12.7 Å². The Balaban J connectivity index is 2.42. The van der Waals surface area contributed by atoms with Gasteiger partial charge in [0, 0.05) is 19.0 Å². The molecule has 0 fully saturated rings. The molecule has 0 saturated heterocycles. The maximum atomic E-state index is 11.9. The number of halogens is 3. The fourth-order valence-corrected chi connectivity index (χ4v) is 1.49. The topological polar surface area (TPSA) is 52.0 Å². The van der Waals surface area contributed by atoms with Crippen LogP contribution in [0.15, 0.2) is 6.33 Å². The number of alkyl halides is 3. The highest BCUT2D eigenvalue weighted by molar-refractivity contribution is 4.89. The standard InChI is InChI=1S/C10H17F3N4O/c1-3-17-9(15-7-16-17)4-8(14-2)5-18-6-10(11,12)13/h7-8,14H,3-6H2,1-2H3. The first-order valence-corrected chi connectivity index (χ1v) is 5.64. The number of nitrogens with zero attached hydrogens (tertiary/aromatic N) is 3. The Morgan fingerprint density at radius 3 is 2.78 bits per heavy atom. The largest absolute Gasteiger partial charge is 0.411 e. The van der Waals surface area contributed by atoms with Gasteiger partial charge < -0.3 is 10.1 Å². The summed E-state index contributed by atoms with van der Waals surface area (Å²) in [7, 11) is 1.67. The Bertz CT molecular complexity index is 353. The van der Waals surface area contributed by atoms with Gasteiger partial charge >= 0.3 is 6.18 Å². The van der Waals surface area contributed by atoms with Gasteiger partial charge in [0.2, 0.25) is 0 Å². The fraction of sp³-hybridized carbons (Fsp3) is 0.800. The van der Waals surface area contributed by atoms with Crippen LogP contribution in [-0.2, 0) is 17.7 Å². The molecule has 0 amide bonds. The predicted octanol–water partition coefficient (Wildman–Crippen LogP) is 1.01. The van der Waals surface area contributed by atoms with Crippen molar-refractivity contribution in [3.63, 3.8) is 0 Å². The van der Waals surface area contributed by atoms with E-state index in [1.54, 1.807) is 11.7 Å². The highest BCUT2D eigenvalue weighted by Gasteiger charge is 2.28. The molecule has 1 rings (SSSR count). The Hall–Kier alpha value is -1.15. The van der Waals surface area contributed by atoms with Crippen LogP contribution in [0.3, 0.4) is 0 Å². The average molecular weight is 266 g/mol. The number of likely N-dealkylation sites (N-methyl/N-ethyl adjacent to an activating group) is 1. The predicted molar refractivity (Wildman–Crippen MR) is 59.1 cm³/mol. The SMILES string of the molecule is CCn1ncnc1CC(COCC(F)(F)F)NC. The zero-order valence-electron chi connectivity index (χ0n) is 10.4. The number of hydrogen-bond acceptors (Lipinski definition) is 4. The van der Waals surface area contributed by atoms with Crippen LogP contribution in [0.25, 0.3) is 0 Å². The summed E-state index contributed by atoms with van der Waals surface area (Å²) in [4.78, 5) is 4.07. The van der Waals surface area contributed by atoms with Gasteiger partial charge in [-0.25, -0.2) is 4.98 Å². The van der Waals surface area contributed by atoms with E-state index in [9.17, 15) is 13.2 Å². The van der Waals surface area contributed by atoms with Crippen molar-refractivity contribution >= 4 is 0 Å². The van der Waals surface area contributed by atoms with Crippen LogP contribution >= 0.6 is 0 Å². The lowest BCUT2D eigenvalue weighted by atomic mass is 10.2. The smallest absolute Gasteiger partial charge is 0.370 e. The Labute approximate surface area is 103 Å². The first-order chi connectivity index (χ1) is 8.46. The zero-order valence-corrected chi connectivity index (χ0v) is 10.4. The molecule has 8 heteroatoms. The lowest BCUT2D eigenvalue weighted by Crippen LogP contribution is -2.35. The normalized spacial score (nSPS) is 13.8. The Kier molecular flexibility index (Phi) is 5.54. The van der Waals surface area contributed by atoms with Crippen molar-refractivity contribution in [2.75, 3.05) is 20.3 Å². The number of hydrogen-bond donors (Lipinski definition) is 1. The molecule has 104 valence electrons. The van der Waals surface area contributed by atoms with Crippen LogP contribution in [-0.4, -0.2) is 47.2 Å². The van der Waals surface area contributed by atoms with Crippen LogP contribution in [0.4, 0.5) is 13.2 Å². The molecule has 1 atom stereocenters. The third-order valence-corrected chi connectivity index (χ3v) is 2.42. The summed E-state index contributed by atoms with van der Waals surface area (Å²) in [5.74, 6) is 0.729. The quantitative estimate of drug-likeness (QED) is 0.800. The minimum Gasteiger partial charge on any atom is -0.370 e. The molecule has 0 radical (unpaired) electrons. The molecule has 0 bridgehead atoms. The van der Waals surface area contributed by atoms with E-state index >= 15 is 0 Å². The van der Waals surface area contributed by atoms with Crippen LogP contribution in [0.5, 0.6) is 0 Å². The van der Waals surface area contributed by atoms with Crippen molar-refractivity contribution in [3.05, 3.63) is 12.2 Å². The maximum Gasteiger partial charge on any atom is 0.411 e. The molecule has 1 unspecified atom stereocenters. The average Bonchev–Trinajstić information content (AvgIpc) is 2.73. The van der Waals surface area contributed by atoms with Crippen LogP contribution < -0.4 is 5.32 Å². The van der Waals surface area contributed by atoms with Gasteiger partial charge in [-0.2, -0.15) is 18.3 Å². The van der Waals surface area contributed by atoms with E-state index in [4.69, 9.17) is 0 Å². The van der Waals surface area contributed by atoms with E-state index in [-0.39, 0.29) is 12.6 Å². The lowest BCUT2D eigenvalue weighted by Gasteiger charge is -2.16. The molecule has 0 aromatic carbocycles. The van der Waals surface area contributed by atoms with Crippen molar-refractivity contribution in [1.29, 1.82) is 0 Å². The molecule has 1 aromatic heterocycles. The molecule has 0 saturated carbocycles. The van der Waals surface area contributed by atoms with Crippen LogP contribution in [0, 0.1) is 0 Å². The first-order valence-electron chi connectivity index (χ1n) is 5.64. The first kappa shape index (κ1) is 14.9. The van der Waals surface area contributed by atoms with Gasteiger partial charge in [0.05, 0.1) is 6.61 Å². The van der Waals surface area contributed by atoms with E-state index in [1.165, 1.54) is 6.33 Å². The number of nitrogens with one attached hydrogen (secondary N) is 1. The van der Waals surface area contributed by atoms with Gasteiger partial charge in [0.1, 0.15) is 18.8 Å². The van der Waals surface area contributed by atoms with E-state index in [0.29, 0.717) is 13.0 Å². The molecule has 0 aliphatic carbocycles.